The number of likely N-dealkylation sites (N-methyl/N-ethyl adjacent to an activating group) is 1. The lowest BCUT2D eigenvalue weighted by atomic mass is 9.81. The van der Waals surface area contributed by atoms with E-state index in [1.165, 1.54) is 6.92 Å². The summed E-state index contributed by atoms with van der Waals surface area (Å²) in [5, 5.41) is 10.5. The number of methoxy groups -OCH3 is 1. The number of hydrogen-bond donors (Lipinski definition) is 1. The fourth-order valence-electron chi connectivity index (χ4n) is 7.72. The molecular weight excluding hydrogens is 734 g/mol. The quantitative estimate of drug-likeness (QED) is 0.0791. The molecule has 57 heavy (non-hydrogen) atoms. The van der Waals surface area contributed by atoms with E-state index in [2.05, 4.69) is 23.8 Å². The first-order chi connectivity index (χ1) is 27.0. The maximum atomic E-state index is 12.9. The van der Waals surface area contributed by atoms with Crippen molar-refractivity contribution in [3.05, 3.63) is 37.1 Å². The van der Waals surface area contributed by atoms with Crippen molar-refractivity contribution in [3.8, 4) is 11.3 Å². The number of ether oxygens (including phenoxy) is 5. The number of aromatic nitrogens is 3. The number of amides is 1. The number of imidazole rings is 1. The molecule has 15 nitrogen and oxygen atoms in total. The van der Waals surface area contributed by atoms with Crippen LogP contribution in [0.3, 0.4) is 0 Å². The Morgan fingerprint density at radius 3 is 2.42 bits per heavy atom. The molecule has 0 saturated carbocycles. The molecule has 0 bridgehead atoms. The molecule has 4 heterocycles. The van der Waals surface area contributed by atoms with E-state index in [1.807, 2.05) is 55.7 Å². The van der Waals surface area contributed by atoms with Crippen molar-refractivity contribution in [2.45, 2.75) is 154 Å². The van der Waals surface area contributed by atoms with Gasteiger partial charge < -0.3 is 52.7 Å². The SMILES string of the molecule is CC[C@@H](OC(=O)[C@H](C)C=O)[C@@]1(C)OC(=O)N(CCCCn2cnc(-c3cccnc3)c2)[C@@H]1[C@@H](C)C=O.CC[C@@H](O[C@@H]1O[C@H](C)C[C@H](N(C)C)[C@H]1O)[C@@](C)(CC)OC. The number of aldehydes is 2. The van der Waals surface area contributed by atoms with Crippen LogP contribution < -0.4 is 0 Å². The first kappa shape index (κ1) is 47.6. The van der Waals surface area contributed by atoms with E-state index in [0.717, 1.165) is 43.2 Å². The van der Waals surface area contributed by atoms with Crippen LogP contribution in [0.15, 0.2) is 37.1 Å². The Morgan fingerprint density at radius 1 is 1.16 bits per heavy atom. The third kappa shape index (κ3) is 11.9. The summed E-state index contributed by atoms with van der Waals surface area (Å²) in [7, 11) is 5.66. The molecule has 2 aromatic heterocycles. The van der Waals surface area contributed by atoms with E-state index in [1.54, 1.807) is 51.5 Å². The van der Waals surface area contributed by atoms with Crippen molar-refractivity contribution in [1.29, 1.82) is 0 Å². The van der Waals surface area contributed by atoms with E-state index >= 15 is 0 Å². The van der Waals surface area contributed by atoms with Crippen LogP contribution >= 0.6 is 0 Å². The highest BCUT2D eigenvalue weighted by molar-refractivity contribution is 5.87. The number of rotatable bonds is 20. The second-order valence-electron chi connectivity index (χ2n) is 15.9. The van der Waals surface area contributed by atoms with Gasteiger partial charge >= 0.3 is 12.1 Å². The normalized spacial score (nSPS) is 26.6. The molecule has 2 aromatic rings. The minimum Gasteiger partial charge on any atom is -0.458 e. The predicted octanol–water partition coefficient (Wildman–Crippen LogP) is 5.32. The number of hydrogen-bond acceptors (Lipinski definition) is 13. The van der Waals surface area contributed by atoms with Crippen LogP contribution in [-0.2, 0) is 44.6 Å². The van der Waals surface area contributed by atoms with Crippen molar-refractivity contribution >= 4 is 24.6 Å². The summed E-state index contributed by atoms with van der Waals surface area (Å²) in [5.41, 5.74) is 0.181. The van der Waals surface area contributed by atoms with Gasteiger partial charge in [-0.3, -0.25) is 9.78 Å². The van der Waals surface area contributed by atoms with Gasteiger partial charge in [-0.25, -0.2) is 9.78 Å². The number of aryl methyl sites for hydroxylation is 1. The fraction of sp³-hybridized carbons (Fsp3) is 0.714. The molecule has 2 fully saturated rings. The van der Waals surface area contributed by atoms with Gasteiger partial charge in [0.2, 0.25) is 0 Å². The van der Waals surface area contributed by atoms with Crippen LogP contribution in [0.25, 0.3) is 11.3 Å². The first-order valence-electron chi connectivity index (χ1n) is 20.3. The van der Waals surface area contributed by atoms with Crippen molar-refractivity contribution in [2.24, 2.45) is 11.8 Å². The number of nitrogens with zero attached hydrogens (tertiary/aromatic N) is 5. The number of esters is 1. The van der Waals surface area contributed by atoms with Crippen molar-refractivity contribution in [3.63, 3.8) is 0 Å². The van der Waals surface area contributed by atoms with Gasteiger partial charge in [0, 0.05) is 56.3 Å². The summed E-state index contributed by atoms with van der Waals surface area (Å²) in [6.45, 7) is 16.0. The zero-order chi connectivity index (χ0) is 42.5. The first-order valence-corrected chi connectivity index (χ1v) is 20.3. The molecular formula is C42H67N5O10. The molecule has 2 aliphatic rings. The third-order valence-corrected chi connectivity index (χ3v) is 11.5. The predicted molar refractivity (Wildman–Crippen MR) is 214 cm³/mol. The zero-order valence-electron chi connectivity index (χ0n) is 35.8. The van der Waals surface area contributed by atoms with Crippen molar-refractivity contribution < 1.29 is 48.0 Å². The molecule has 4 rings (SSSR count). The summed E-state index contributed by atoms with van der Waals surface area (Å²) in [6.07, 6.45) is 10.1. The Bertz CT molecular complexity index is 1550. The Balaban J connectivity index is 0.000000353. The van der Waals surface area contributed by atoms with Crippen molar-refractivity contribution in [1.82, 2.24) is 24.3 Å². The Kier molecular flexibility index (Phi) is 18.2. The minimum absolute atomic E-state index is 0.0479. The van der Waals surface area contributed by atoms with Gasteiger partial charge in [0.1, 0.15) is 30.7 Å². The van der Waals surface area contributed by atoms with E-state index in [0.29, 0.717) is 32.2 Å². The highest BCUT2D eigenvalue weighted by atomic mass is 16.7. The number of pyridine rings is 1. The summed E-state index contributed by atoms with van der Waals surface area (Å²) < 4.78 is 31.0. The van der Waals surface area contributed by atoms with Crippen LogP contribution in [0.1, 0.15) is 93.9 Å². The molecule has 0 spiro atoms. The molecule has 320 valence electrons. The second kappa shape index (κ2) is 21.8. The van der Waals surface area contributed by atoms with Crippen LogP contribution in [0.2, 0.25) is 0 Å². The molecule has 1 N–H and O–H groups in total. The molecule has 11 atom stereocenters. The second-order valence-corrected chi connectivity index (χ2v) is 15.9. The maximum Gasteiger partial charge on any atom is 0.410 e. The average molecular weight is 802 g/mol. The van der Waals surface area contributed by atoms with E-state index in [4.69, 9.17) is 23.7 Å². The number of carbonyl (C=O) groups is 4. The maximum absolute atomic E-state index is 12.9. The Hall–Kier alpha value is -3.76. The van der Waals surface area contributed by atoms with Gasteiger partial charge in [-0.2, -0.15) is 0 Å². The van der Waals surface area contributed by atoms with Gasteiger partial charge in [0.15, 0.2) is 11.9 Å². The Labute approximate surface area is 338 Å². The number of cyclic esters (lactones) is 1. The fourth-order valence-corrected chi connectivity index (χ4v) is 7.72. The summed E-state index contributed by atoms with van der Waals surface area (Å²) >= 11 is 0. The van der Waals surface area contributed by atoms with Crippen LogP contribution in [0.4, 0.5) is 4.79 Å². The molecule has 0 radical (unpaired) electrons. The smallest absolute Gasteiger partial charge is 0.410 e. The monoisotopic (exact) mass is 801 g/mol. The van der Waals surface area contributed by atoms with Crippen LogP contribution in [-0.4, -0.2) is 136 Å². The number of aliphatic hydroxyl groups is 1. The van der Waals surface area contributed by atoms with Crippen LogP contribution in [0.5, 0.6) is 0 Å². The van der Waals surface area contributed by atoms with Crippen molar-refractivity contribution in [2.75, 3.05) is 27.7 Å². The number of aliphatic hydroxyl groups excluding tert-OH is 1. The number of carbonyl (C=O) groups excluding carboxylic acids is 4. The standard InChI is InChI=1S/C26H34N4O6.C16H33NO4/c1-5-22(35-24(33)19(3)16-32)26(4)23(18(2)15-31)30(25(34)36-26)12-7-6-11-29-14-21(28-17-29)20-9-8-10-27-13-20;1-8-13(16(4,9-2)19-7)21-15-14(18)12(17(5)6)10-11(3)20-15/h8-10,13-19,22-23H,5-7,11-12H2,1-4H3;11-15,18H,8-10H2,1-7H3/t18-,19+,22+,23+,26+;11-,12+,13-,14-,15+,16-/m01/s1. The minimum atomic E-state index is -1.23. The topological polar surface area (TPSA) is 172 Å². The van der Waals surface area contributed by atoms with Gasteiger partial charge in [-0.15, -0.1) is 0 Å². The number of unbranched alkanes of at least 4 members (excludes halogenated alkanes) is 1. The molecule has 1 amide bonds. The molecule has 2 aliphatic heterocycles. The molecule has 2 saturated heterocycles. The van der Waals surface area contributed by atoms with Gasteiger partial charge in [0.25, 0.3) is 0 Å². The van der Waals surface area contributed by atoms with E-state index in [9.17, 15) is 24.3 Å². The van der Waals surface area contributed by atoms with E-state index < -0.39 is 54.0 Å². The van der Waals surface area contributed by atoms with Crippen LogP contribution in [0, 0.1) is 11.8 Å². The average Bonchev–Trinajstić information content (AvgIpc) is 3.79. The van der Waals surface area contributed by atoms with Gasteiger partial charge in [0.05, 0.1) is 35.9 Å². The summed E-state index contributed by atoms with van der Waals surface area (Å²) in [4.78, 5) is 60.2. The lowest BCUT2D eigenvalue weighted by Crippen LogP contribution is -2.56. The highest BCUT2D eigenvalue weighted by Crippen LogP contribution is 2.39. The van der Waals surface area contributed by atoms with E-state index in [-0.39, 0.29) is 23.9 Å². The van der Waals surface area contributed by atoms with Gasteiger partial charge in [-0.1, -0.05) is 27.7 Å². The Morgan fingerprint density at radius 2 is 1.86 bits per heavy atom. The van der Waals surface area contributed by atoms with Gasteiger partial charge in [-0.05, 0) is 92.4 Å². The lowest BCUT2D eigenvalue weighted by Gasteiger charge is -2.44. The largest absolute Gasteiger partial charge is 0.458 e. The summed E-state index contributed by atoms with van der Waals surface area (Å²) in [6, 6.07) is 3.25. The summed E-state index contributed by atoms with van der Waals surface area (Å²) in [5.74, 6) is -2.16. The molecule has 15 heteroatoms. The lowest BCUT2D eigenvalue weighted by molar-refractivity contribution is -0.289. The third-order valence-electron chi connectivity index (χ3n) is 11.5. The molecule has 0 aromatic carbocycles. The zero-order valence-corrected chi connectivity index (χ0v) is 35.8. The molecule has 0 aliphatic carbocycles. The highest BCUT2D eigenvalue weighted by Gasteiger charge is 2.58. The molecule has 0 unspecified atom stereocenters.